The molecule has 0 amide bonds. The molecule has 3 aromatic rings. The van der Waals surface area contributed by atoms with Crippen LogP contribution in [-0.2, 0) is 6.54 Å². The van der Waals surface area contributed by atoms with E-state index in [1.54, 1.807) is 21.3 Å². The predicted octanol–water partition coefficient (Wildman–Crippen LogP) is 4.31. The standard InChI is InChI=1S/C20H23NO4/c1-13(18-11-15-6-5-7-17(23-3)20(15)25-18)21-12-14-8-9-16(22-2)19(10-14)24-4/h5-11,13,21H,12H2,1-4H3/t13-/m1/s1. The van der Waals surface area contributed by atoms with Gasteiger partial charge in [-0.15, -0.1) is 0 Å². The van der Waals surface area contributed by atoms with Gasteiger partial charge >= 0.3 is 0 Å². The van der Waals surface area contributed by atoms with Crippen LogP contribution < -0.4 is 19.5 Å². The number of furan rings is 1. The fraction of sp³-hybridized carbons (Fsp3) is 0.300. The van der Waals surface area contributed by atoms with Gasteiger partial charge in [0.05, 0.1) is 27.4 Å². The van der Waals surface area contributed by atoms with Gasteiger partial charge < -0.3 is 23.9 Å². The first-order valence-electron chi connectivity index (χ1n) is 8.17. The van der Waals surface area contributed by atoms with Crippen LogP contribution in [0.1, 0.15) is 24.3 Å². The topological polar surface area (TPSA) is 52.9 Å². The quantitative estimate of drug-likeness (QED) is 0.694. The van der Waals surface area contributed by atoms with Crippen LogP contribution in [0.3, 0.4) is 0 Å². The summed E-state index contributed by atoms with van der Waals surface area (Å²) in [4.78, 5) is 0. The molecule has 0 aliphatic carbocycles. The van der Waals surface area contributed by atoms with Gasteiger partial charge in [0.15, 0.2) is 22.8 Å². The zero-order chi connectivity index (χ0) is 17.8. The molecule has 0 aliphatic heterocycles. The SMILES string of the molecule is COc1ccc(CN[C@H](C)c2cc3cccc(OC)c3o2)cc1OC. The maximum atomic E-state index is 5.99. The molecule has 0 aliphatic rings. The van der Waals surface area contributed by atoms with Crippen LogP contribution in [0.2, 0.25) is 0 Å². The monoisotopic (exact) mass is 341 g/mol. The van der Waals surface area contributed by atoms with E-state index < -0.39 is 0 Å². The average molecular weight is 341 g/mol. The molecule has 0 radical (unpaired) electrons. The molecule has 25 heavy (non-hydrogen) atoms. The molecular formula is C20H23NO4. The van der Waals surface area contributed by atoms with Crippen molar-refractivity contribution in [2.45, 2.75) is 19.5 Å². The number of fused-ring (bicyclic) bond motifs is 1. The predicted molar refractivity (Wildman–Crippen MR) is 97.6 cm³/mol. The summed E-state index contributed by atoms with van der Waals surface area (Å²) < 4.78 is 22.0. The normalized spacial score (nSPS) is 12.2. The zero-order valence-corrected chi connectivity index (χ0v) is 15.0. The lowest BCUT2D eigenvalue weighted by molar-refractivity contribution is 0.354. The number of ether oxygens (including phenoxy) is 3. The molecule has 1 aromatic heterocycles. The zero-order valence-electron chi connectivity index (χ0n) is 15.0. The van der Waals surface area contributed by atoms with Crippen molar-refractivity contribution in [1.82, 2.24) is 5.32 Å². The van der Waals surface area contributed by atoms with E-state index >= 15 is 0 Å². The summed E-state index contributed by atoms with van der Waals surface area (Å²) in [6.07, 6.45) is 0. The molecule has 0 fully saturated rings. The summed E-state index contributed by atoms with van der Waals surface area (Å²) in [6.45, 7) is 2.76. The van der Waals surface area contributed by atoms with E-state index in [0.717, 1.165) is 39.5 Å². The highest BCUT2D eigenvalue weighted by molar-refractivity contribution is 5.83. The summed E-state index contributed by atoms with van der Waals surface area (Å²) in [5.41, 5.74) is 1.89. The molecule has 0 saturated heterocycles. The number of methoxy groups -OCH3 is 3. The highest BCUT2D eigenvalue weighted by atomic mass is 16.5. The summed E-state index contributed by atoms with van der Waals surface area (Å²) in [7, 11) is 4.92. The highest BCUT2D eigenvalue weighted by Crippen LogP contribution is 2.31. The number of para-hydroxylation sites is 1. The van der Waals surface area contributed by atoms with Crippen LogP contribution in [-0.4, -0.2) is 21.3 Å². The minimum Gasteiger partial charge on any atom is -0.493 e. The van der Waals surface area contributed by atoms with Gasteiger partial charge in [0.1, 0.15) is 5.76 Å². The van der Waals surface area contributed by atoms with Gasteiger partial charge in [0, 0.05) is 11.9 Å². The van der Waals surface area contributed by atoms with Crippen LogP contribution in [0.15, 0.2) is 46.9 Å². The Kier molecular flexibility index (Phi) is 5.14. The Labute approximate surface area is 147 Å². The van der Waals surface area contributed by atoms with E-state index in [4.69, 9.17) is 18.6 Å². The van der Waals surface area contributed by atoms with E-state index in [0.29, 0.717) is 6.54 Å². The molecule has 132 valence electrons. The number of hydrogen-bond acceptors (Lipinski definition) is 5. The Morgan fingerprint density at radius 1 is 0.920 bits per heavy atom. The Morgan fingerprint density at radius 2 is 1.68 bits per heavy atom. The van der Waals surface area contributed by atoms with Gasteiger partial charge in [0.2, 0.25) is 0 Å². The van der Waals surface area contributed by atoms with Crippen molar-refractivity contribution in [2.75, 3.05) is 21.3 Å². The van der Waals surface area contributed by atoms with E-state index in [9.17, 15) is 0 Å². The second-order valence-electron chi connectivity index (χ2n) is 5.82. The second kappa shape index (κ2) is 7.49. The Bertz CT molecular complexity index is 856. The third kappa shape index (κ3) is 3.56. The third-order valence-electron chi connectivity index (χ3n) is 4.23. The van der Waals surface area contributed by atoms with Gasteiger partial charge in [0.25, 0.3) is 0 Å². The maximum absolute atomic E-state index is 5.99. The van der Waals surface area contributed by atoms with Gasteiger partial charge in [-0.05, 0) is 36.8 Å². The first kappa shape index (κ1) is 17.2. The molecule has 0 saturated carbocycles. The number of rotatable bonds is 7. The van der Waals surface area contributed by atoms with Crippen molar-refractivity contribution >= 4 is 11.0 Å². The highest BCUT2D eigenvalue weighted by Gasteiger charge is 2.14. The van der Waals surface area contributed by atoms with E-state index in [2.05, 4.69) is 12.2 Å². The van der Waals surface area contributed by atoms with Crippen molar-refractivity contribution in [2.24, 2.45) is 0 Å². The third-order valence-corrected chi connectivity index (χ3v) is 4.23. The van der Waals surface area contributed by atoms with Crippen molar-refractivity contribution in [3.8, 4) is 17.2 Å². The van der Waals surface area contributed by atoms with Crippen LogP contribution in [0.5, 0.6) is 17.2 Å². The summed E-state index contributed by atoms with van der Waals surface area (Å²) in [6, 6.07) is 13.9. The smallest absolute Gasteiger partial charge is 0.176 e. The molecule has 2 aromatic carbocycles. The summed E-state index contributed by atoms with van der Waals surface area (Å²) >= 11 is 0. The van der Waals surface area contributed by atoms with E-state index in [1.807, 2.05) is 42.5 Å². The molecule has 5 nitrogen and oxygen atoms in total. The maximum Gasteiger partial charge on any atom is 0.176 e. The lowest BCUT2D eigenvalue weighted by atomic mass is 10.1. The lowest BCUT2D eigenvalue weighted by Crippen LogP contribution is -2.17. The molecular weight excluding hydrogens is 318 g/mol. The van der Waals surface area contributed by atoms with Crippen molar-refractivity contribution < 1.29 is 18.6 Å². The lowest BCUT2D eigenvalue weighted by Gasteiger charge is -2.13. The van der Waals surface area contributed by atoms with Crippen LogP contribution in [0.25, 0.3) is 11.0 Å². The number of nitrogens with one attached hydrogen (secondary N) is 1. The van der Waals surface area contributed by atoms with Gasteiger partial charge in [-0.1, -0.05) is 18.2 Å². The largest absolute Gasteiger partial charge is 0.493 e. The average Bonchev–Trinajstić information content (AvgIpc) is 3.10. The number of benzene rings is 2. The molecule has 1 atom stereocenters. The summed E-state index contributed by atoms with van der Waals surface area (Å²) in [5, 5.41) is 4.51. The van der Waals surface area contributed by atoms with E-state index in [-0.39, 0.29) is 6.04 Å². The Hall–Kier alpha value is -2.66. The first-order valence-corrected chi connectivity index (χ1v) is 8.17. The number of hydrogen-bond donors (Lipinski definition) is 1. The van der Waals surface area contributed by atoms with Crippen LogP contribution in [0, 0.1) is 0 Å². The van der Waals surface area contributed by atoms with Crippen molar-refractivity contribution in [3.63, 3.8) is 0 Å². The molecule has 0 spiro atoms. The van der Waals surface area contributed by atoms with E-state index in [1.165, 1.54) is 0 Å². The van der Waals surface area contributed by atoms with Crippen LogP contribution in [0.4, 0.5) is 0 Å². The van der Waals surface area contributed by atoms with Gasteiger partial charge in [-0.2, -0.15) is 0 Å². The fourth-order valence-electron chi connectivity index (χ4n) is 2.79. The fourth-order valence-corrected chi connectivity index (χ4v) is 2.79. The van der Waals surface area contributed by atoms with Gasteiger partial charge in [-0.3, -0.25) is 0 Å². The molecule has 1 heterocycles. The van der Waals surface area contributed by atoms with Crippen molar-refractivity contribution in [3.05, 3.63) is 53.8 Å². The van der Waals surface area contributed by atoms with Crippen LogP contribution >= 0.6 is 0 Å². The molecule has 0 unspecified atom stereocenters. The Morgan fingerprint density at radius 3 is 2.40 bits per heavy atom. The molecule has 1 N–H and O–H groups in total. The summed E-state index contributed by atoms with van der Waals surface area (Å²) in [5.74, 6) is 3.07. The minimum absolute atomic E-state index is 0.0604. The molecule has 5 heteroatoms. The van der Waals surface area contributed by atoms with Crippen molar-refractivity contribution in [1.29, 1.82) is 0 Å². The molecule has 3 rings (SSSR count). The Balaban J connectivity index is 1.73. The molecule has 0 bridgehead atoms. The van der Waals surface area contributed by atoms with Gasteiger partial charge in [-0.25, -0.2) is 0 Å². The minimum atomic E-state index is 0.0604. The first-order chi connectivity index (χ1) is 12.2. The second-order valence-corrected chi connectivity index (χ2v) is 5.82.